The highest BCUT2D eigenvalue weighted by atomic mass is 32.2. The van der Waals surface area contributed by atoms with E-state index in [1.54, 1.807) is 18.4 Å². The molecule has 0 bridgehead atoms. The molecule has 0 fully saturated rings. The van der Waals surface area contributed by atoms with Crippen LogP contribution in [0.3, 0.4) is 0 Å². The lowest BCUT2D eigenvalue weighted by atomic mass is 10.1. The number of nitrogens with one attached hydrogen (secondary N) is 1. The minimum absolute atomic E-state index is 0.358. The summed E-state index contributed by atoms with van der Waals surface area (Å²) in [5.74, 6) is 1.96. The quantitative estimate of drug-likeness (QED) is 0.721. The van der Waals surface area contributed by atoms with E-state index in [1.165, 1.54) is 9.77 Å². The molecule has 0 aliphatic rings. The zero-order valence-electron chi connectivity index (χ0n) is 12.0. The Balaban J connectivity index is 2.05. The normalized spacial score (nSPS) is 12.3. The highest BCUT2D eigenvalue weighted by Crippen LogP contribution is 2.29. The number of hydrogen-bond acceptors (Lipinski definition) is 4. The highest BCUT2D eigenvalue weighted by Gasteiger charge is 2.12. The lowest BCUT2D eigenvalue weighted by Crippen LogP contribution is -2.24. The molecule has 1 aromatic heterocycles. The smallest absolute Gasteiger partial charge is 0.119 e. The third-order valence-electron chi connectivity index (χ3n) is 3.02. The first kappa shape index (κ1) is 15.4. The molecule has 0 saturated heterocycles. The molecule has 0 amide bonds. The third-order valence-corrected chi connectivity index (χ3v) is 5.25. The van der Waals surface area contributed by atoms with Crippen LogP contribution in [0.4, 0.5) is 0 Å². The van der Waals surface area contributed by atoms with E-state index in [-0.39, 0.29) is 0 Å². The molecule has 0 aliphatic heterocycles. The molecule has 0 radical (unpaired) electrons. The van der Waals surface area contributed by atoms with Crippen molar-refractivity contribution in [2.45, 2.75) is 23.6 Å². The van der Waals surface area contributed by atoms with Crippen LogP contribution in [0.25, 0.3) is 0 Å². The van der Waals surface area contributed by atoms with Gasteiger partial charge in [0.05, 0.1) is 11.3 Å². The molecule has 2 aromatic rings. The summed E-state index contributed by atoms with van der Waals surface area (Å²) in [7, 11) is 1.72. The standard InChI is InChI=1S/C16H21NOS2/c1-3-9-17-15(12-20-16-8-5-10-19-16)13-6-4-7-14(11-13)18-2/h4-8,10-11,15,17H,3,9,12H2,1-2H3. The van der Waals surface area contributed by atoms with E-state index in [0.29, 0.717) is 6.04 Å². The van der Waals surface area contributed by atoms with Crippen molar-refractivity contribution in [2.24, 2.45) is 0 Å². The van der Waals surface area contributed by atoms with E-state index >= 15 is 0 Å². The molecule has 108 valence electrons. The van der Waals surface area contributed by atoms with Crippen LogP contribution in [0.15, 0.2) is 46.0 Å². The molecule has 1 heterocycles. The maximum Gasteiger partial charge on any atom is 0.119 e. The topological polar surface area (TPSA) is 21.3 Å². The SMILES string of the molecule is CCCNC(CSc1cccs1)c1cccc(OC)c1. The second-order valence-electron chi connectivity index (χ2n) is 4.53. The molecule has 0 spiro atoms. The fourth-order valence-electron chi connectivity index (χ4n) is 1.96. The molecule has 1 unspecified atom stereocenters. The number of benzene rings is 1. The van der Waals surface area contributed by atoms with Crippen molar-refractivity contribution >= 4 is 23.1 Å². The van der Waals surface area contributed by atoms with Crippen molar-refractivity contribution in [3.8, 4) is 5.75 Å². The van der Waals surface area contributed by atoms with Crippen LogP contribution in [-0.4, -0.2) is 19.4 Å². The van der Waals surface area contributed by atoms with E-state index < -0.39 is 0 Å². The zero-order chi connectivity index (χ0) is 14.2. The average molecular weight is 307 g/mol. The lowest BCUT2D eigenvalue weighted by Gasteiger charge is -2.19. The number of rotatable bonds is 8. The molecule has 1 atom stereocenters. The first-order valence-electron chi connectivity index (χ1n) is 6.87. The Kier molecular flexibility index (Phi) is 6.43. The van der Waals surface area contributed by atoms with E-state index in [9.17, 15) is 0 Å². The minimum atomic E-state index is 0.358. The Morgan fingerprint density at radius 2 is 2.20 bits per heavy atom. The Hall–Kier alpha value is -0.970. The van der Waals surface area contributed by atoms with Crippen molar-refractivity contribution in [1.82, 2.24) is 5.32 Å². The summed E-state index contributed by atoms with van der Waals surface area (Å²) < 4.78 is 6.70. The molecule has 1 N–H and O–H groups in total. The number of hydrogen-bond donors (Lipinski definition) is 1. The highest BCUT2D eigenvalue weighted by molar-refractivity contribution is 8.01. The number of methoxy groups -OCH3 is 1. The maximum atomic E-state index is 5.33. The number of ether oxygens (including phenoxy) is 1. The van der Waals surface area contributed by atoms with Gasteiger partial charge in [-0.05, 0) is 42.1 Å². The Morgan fingerprint density at radius 1 is 1.30 bits per heavy atom. The van der Waals surface area contributed by atoms with Crippen molar-refractivity contribution in [3.05, 3.63) is 47.3 Å². The van der Waals surface area contributed by atoms with E-state index in [0.717, 1.165) is 24.5 Å². The Morgan fingerprint density at radius 3 is 2.90 bits per heavy atom. The van der Waals surface area contributed by atoms with Crippen LogP contribution < -0.4 is 10.1 Å². The summed E-state index contributed by atoms with van der Waals surface area (Å²) in [5.41, 5.74) is 1.29. The van der Waals surface area contributed by atoms with Crippen molar-refractivity contribution < 1.29 is 4.74 Å². The first-order chi connectivity index (χ1) is 9.83. The number of thiophene rings is 1. The molecule has 1 aromatic carbocycles. The molecule has 20 heavy (non-hydrogen) atoms. The molecule has 2 nitrogen and oxygen atoms in total. The van der Waals surface area contributed by atoms with E-state index in [1.807, 2.05) is 17.8 Å². The summed E-state index contributed by atoms with van der Waals surface area (Å²) in [4.78, 5) is 0. The molecule has 0 aliphatic carbocycles. The second-order valence-corrected chi connectivity index (χ2v) is 6.79. The van der Waals surface area contributed by atoms with Crippen LogP contribution in [0.1, 0.15) is 24.9 Å². The van der Waals surface area contributed by atoms with Gasteiger partial charge >= 0.3 is 0 Å². The maximum absolute atomic E-state index is 5.33. The summed E-state index contributed by atoms with van der Waals surface area (Å²) in [6.45, 7) is 3.23. The predicted octanol–water partition coefficient (Wildman–Crippen LogP) is 4.59. The first-order valence-corrected chi connectivity index (χ1v) is 8.73. The Labute approximate surface area is 129 Å². The number of thioether (sulfide) groups is 1. The molecule has 0 saturated carbocycles. The zero-order valence-corrected chi connectivity index (χ0v) is 13.6. The van der Waals surface area contributed by atoms with Crippen LogP contribution >= 0.6 is 23.1 Å². The van der Waals surface area contributed by atoms with E-state index in [4.69, 9.17) is 4.74 Å². The molecule has 2 rings (SSSR count). The summed E-state index contributed by atoms with van der Waals surface area (Å²) in [6, 6.07) is 13.0. The molecular formula is C16H21NOS2. The van der Waals surface area contributed by atoms with Crippen molar-refractivity contribution in [1.29, 1.82) is 0 Å². The second kappa shape index (κ2) is 8.35. The monoisotopic (exact) mass is 307 g/mol. The van der Waals surface area contributed by atoms with Crippen LogP contribution in [-0.2, 0) is 0 Å². The van der Waals surface area contributed by atoms with E-state index in [2.05, 4.69) is 48.0 Å². The van der Waals surface area contributed by atoms with Gasteiger partial charge in [-0.15, -0.1) is 23.1 Å². The summed E-state index contributed by atoms with van der Waals surface area (Å²) in [5, 5.41) is 5.76. The molecular weight excluding hydrogens is 286 g/mol. The van der Waals surface area contributed by atoms with Gasteiger partial charge in [-0.2, -0.15) is 0 Å². The predicted molar refractivity (Wildman–Crippen MR) is 89.1 cm³/mol. The van der Waals surface area contributed by atoms with Gasteiger partial charge in [0.2, 0.25) is 0 Å². The van der Waals surface area contributed by atoms with Gasteiger partial charge in [-0.25, -0.2) is 0 Å². The van der Waals surface area contributed by atoms with Gasteiger partial charge in [0.1, 0.15) is 5.75 Å². The van der Waals surface area contributed by atoms with Gasteiger partial charge < -0.3 is 10.1 Å². The van der Waals surface area contributed by atoms with Crippen LogP contribution in [0.5, 0.6) is 5.75 Å². The van der Waals surface area contributed by atoms with Gasteiger partial charge in [0.15, 0.2) is 0 Å². The lowest BCUT2D eigenvalue weighted by molar-refractivity contribution is 0.413. The Bertz CT molecular complexity index is 499. The van der Waals surface area contributed by atoms with Crippen molar-refractivity contribution in [3.63, 3.8) is 0 Å². The van der Waals surface area contributed by atoms with Crippen molar-refractivity contribution in [2.75, 3.05) is 19.4 Å². The van der Waals surface area contributed by atoms with Gasteiger partial charge in [-0.3, -0.25) is 0 Å². The van der Waals surface area contributed by atoms with Crippen LogP contribution in [0, 0.1) is 0 Å². The van der Waals surface area contributed by atoms with Gasteiger partial charge in [-0.1, -0.05) is 25.1 Å². The fourth-order valence-corrected chi connectivity index (χ4v) is 3.87. The summed E-state index contributed by atoms with van der Waals surface area (Å²) >= 11 is 3.71. The fraction of sp³-hybridized carbons (Fsp3) is 0.375. The molecule has 4 heteroatoms. The summed E-state index contributed by atoms with van der Waals surface area (Å²) in [6.07, 6.45) is 1.14. The average Bonchev–Trinajstić information content (AvgIpc) is 3.01. The minimum Gasteiger partial charge on any atom is -0.497 e. The van der Waals surface area contributed by atoms with Gasteiger partial charge in [0, 0.05) is 11.8 Å². The van der Waals surface area contributed by atoms with Crippen LogP contribution in [0.2, 0.25) is 0 Å². The van der Waals surface area contributed by atoms with Gasteiger partial charge in [0.25, 0.3) is 0 Å². The third kappa shape index (κ3) is 4.54. The largest absolute Gasteiger partial charge is 0.497 e.